The van der Waals surface area contributed by atoms with Gasteiger partial charge in [0.25, 0.3) is 5.91 Å². The average Bonchev–Trinajstić information content (AvgIpc) is 3.16. The minimum atomic E-state index is -5.08. The van der Waals surface area contributed by atoms with Crippen LogP contribution in [0.15, 0.2) is 36.5 Å². The van der Waals surface area contributed by atoms with Crippen molar-refractivity contribution in [2.75, 3.05) is 20.3 Å². The van der Waals surface area contributed by atoms with Gasteiger partial charge in [0, 0.05) is 25.2 Å². The predicted octanol–water partition coefficient (Wildman–Crippen LogP) is 2.89. The number of fused-ring (bicyclic) bond motifs is 2. The van der Waals surface area contributed by atoms with Crippen molar-refractivity contribution in [1.29, 1.82) is 0 Å². The zero-order valence-corrected chi connectivity index (χ0v) is 16.1. The first-order valence-electron chi connectivity index (χ1n) is 9.33. The normalized spacial score (nSPS) is 23.5. The number of benzene rings is 1. The van der Waals surface area contributed by atoms with Gasteiger partial charge in [-0.1, -0.05) is 18.2 Å². The molecule has 0 unspecified atom stereocenters. The second kappa shape index (κ2) is 8.97. The Hall–Kier alpha value is -2.72. The lowest BCUT2D eigenvalue weighted by Gasteiger charge is -2.39. The Labute approximate surface area is 170 Å². The monoisotopic (exact) mass is 426 g/mol. The number of halogens is 3. The first kappa shape index (κ1) is 22.0. The van der Waals surface area contributed by atoms with Gasteiger partial charge in [-0.3, -0.25) is 9.78 Å². The van der Waals surface area contributed by atoms with E-state index in [1.807, 2.05) is 35.2 Å². The fourth-order valence-corrected chi connectivity index (χ4v) is 3.86. The van der Waals surface area contributed by atoms with E-state index < -0.39 is 12.1 Å². The largest absolute Gasteiger partial charge is 0.490 e. The van der Waals surface area contributed by atoms with Crippen molar-refractivity contribution < 1.29 is 37.3 Å². The first-order chi connectivity index (χ1) is 14.2. The van der Waals surface area contributed by atoms with Gasteiger partial charge in [0.1, 0.15) is 6.10 Å². The highest BCUT2D eigenvalue weighted by Crippen LogP contribution is 2.33. The molecule has 4 rings (SSSR count). The Kier molecular flexibility index (Phi) is 6.57. The molecule has 2 heterocycles. The van der Waals surface area contributed by atoms with Crippen LogP contribution in [0, 0.1) is 0 Å². The molecule has 7 nitrogen and oxygen atoms in total. The lowest BCUT2D eigenvalue weighted by molar-refractivity contribution is -0.192. The summed E-state index contributed by atoms with van der Waals surface area (Å²) >= 11 is 0. The molecule has 1 aromatic carbocycles. The van der Waals surface area contributed by atoms with Crippen molar-refractivity contribution in [3.05, 3.63) is 42.1 Å². The van der Waals surface area contributed by atoms with Crippen molar-refractivity contribution in [2.24, 2.45) is 0 Å². The number of para-hydroxylation sites is 1. The third-order valence-corrected chi connectivity index (χ3v) is 5.22. The van der Waals surface area contributed by atoms with Crippen molar-refractivity contribution in [3.8, 4) is 0 Å². The molecule has 2 fully saturated rings. The van der Waals surface area contributed by atoms with Gasteiger partial charge in [0.05, 0.1) is 29.8 Å². The van der Waals surface area contributed by atoms with Gasteiger partial charge in [0.15, 0.2) is 0 Å². The summed E-state index contributed by atoms with van der Waals surface area (Å²) in [6.07, 6.45) is -1.43. The summed E-state index contributed by atoms with van der Waals surface area (Å²) in [5, 5.41) is 8.03. The van der Waals surface area contributed by atoms with E-state index >= 15 is 0 Å². The molecule has 30 heavy (non-hydrogen) atoms. The lowest BCUT2D eigenvalue weighted by Crippen LogP contribution is -2.53. The number of carboxylic acids is 1. The Balaban J connectivity index is 0.000000318. The molecular weight excluding hydrogens is 405 g/mol. The van der Waals surface area contributed by atoms with Crippen LogP contribution < -0.4 is 0 Å². The van der Waals surface area contributed by atoms with Crippen molar-refractivity contribution >= 4 is 22.8 Å². The zero-order valence-electron chi connectivity index (χ0n) is 16.1. The van der Waals surface area contributed by atoms with E-state index in [0.717, 1.165) is 29.3 Å². The molecule has 10 heteroatoms. The Morgan fingerprint density at radius 1 is 1.23 bits per heavy atom. The van der Waals surface area contributed by atoms with E-state index in [2.05, 4.69) is 4.98 Å². The van der Waals surface area contributed by atoms with Crippen LogP contribution in [0.5, 0.6) is 0 Å². The van der Waals surface area contributed by atoms with Crippen LogP contribution >= 0.6 is 0 Å². The van der Waals surface area contributed by atoms with Crippen LogP contribution in [-0.2, 0) is 14.3 Å². The SMILES string of the molecule is CO[C@@H]1CC[C@H]2[C@H]1OCCN2C(=O)c1ccnc2ccccc12.O=C(O)C(F)(F)F. The highest BCUT2D eigenvalue weighted by Gasteiger charge is 2.45. The third kappa shape index (κ3) is 4.54. The number of carboxylic acid groups (broad SMARTS) is 1. The number of methoxy groups -OCH3 is 1. The minimum absolute atomic E-state index is 0.00852. The topological polar surface area (TPSA) is 89.0 Å². The summed E-state index contributed by atoms with van der Waals surface area (Å²) in [7, 11) is 1.72. The number of aliphatic carboxylic acids is 1. The van der Waals surface area contributed by atoms with E-state index in [1.165, 1.54) is 0 Å². The predicted molar refractivity (Wildman–Crippen MR) is 100 cm³/mol. The Bertz CT molecular complexity index is 915. The molecule has 1 amide bonds. The van der Waals surface area contributed by atoms with Gasteiger partial charge in [-0.05, 0) is 25.0 Å². The molecule has 2 aliphatic rings. The van der Waals surface area contributed by atoms with Gasteiger partial charge in [0.2, 0.25) is 0 Å². The van der Waals surface area contributed by atoms with E-state index in [9.17, 15) is 18.0 Å². The van der Waals surface area contributed by atoms with Crippen LogP contribution in [0.25, 0.3) is 10.9 Å². The number of hydrogen-bond donors (Lipinski definition) is 1. The number of ether oxygens (including phenoxy) is 2. The van der Waals surface area contributed by atoms with Crippen LogP contribution in [0.2, 0.25) is 0 Å². The first-order valence-corrected chi connectivity index (χ1v) is 9.33. The van der Waals surface area contributed by atoms with Gasteiger partial charge in [-0.2, -0.15) is 13.2 Å². The number of amides is 1. The molecule has 2 aromatic rings. The second-order valence-electron chi connectivity index (χ2n) is 6.93. The summed E-state index contributed by atoms with van der Waals surface area (Å²) in [4.78, 5) is 28.4. The van der Waals surface area contributed by atoms with E-state index in [4.69, 9.17) is 19.4 Å². The summed E-state index contributed by atoms with van der Waals surface area (Å²) in [6.45, 7) is 1.20. The summed E-state index contributed by atoms with van der Waals surface area (Å²) in [5.41, 5.74) is 1.57. The number of alkyl halides is 3. The number of nitrogens with zero attached hydrogens (tertiary/aromatic N) is 2. The zero-order chi connectivity index (χ0) is 21.9. The quantitative estimate of drug-likeness (QED) is 0.795. The van der Waals surface area contributed by atoms with Crippen LogP contribution in [-0.4, -0.2) is 71.6 Å². The Morgan fingerprint density at radius 2 is 1.93 bits per heavy atom. The fraction of sp³-hybridized carbons (Fsp3) is 0.450. The van der Waals surface area contributed by atoms with E-state index in [0.29, 0.717) is 13.2 Å². The number of carbonyl (C=O) groups is 2. The molecule has 1 aliphatic carbocycles. The summed E-state index contributed by atoms with van der Waals surface area (Å²) in [6, 6.07) is 9.70. The minimum Gasteiger partial charge on any atom is -0.475 e. The summed E-state index contributed by atoms with van der Waals surface area (Å²) < 4.78 is 43.1. The molecule has 0 radical (unpaired) electrons. The molecule has 0 spiro atoms. The Morgan fingerprint density at radius 3 is 2.60 bits per heavy atom. The number of carbonyl (C=O) groups excluding carboxylic acids is 1. The fourth-order valence-electron chi connectivity index (χ4n) is 3.86. The maximum absolute atomic E-state index is 13.2. The maximum atomic E-state index is 13.2. The maximum Gasteiger partial charge on any atom is 0.490 e. The van der Waals surface area contributed by atoms with Gasteiger partial charge < -0.3 is 19.5 Å². The van der Waals surface area contributed by atoms with Gasteiger partial charge >= 0.3 is 12.1 Å². The number of rotatable bonds is 2. The molecule has 1 N–H and O–H groups in total. The molecule has 3 atom stereocenters. The number of aromatic nitrogens is 1. The average molecular weight is 426 g/mol. The summed E-state index contributed by atoms with van der Waals surface area (Å²) in [5.74, 6) is -2.69. The standard InChI is InChI=1S/C18H20N2O3.C2HF3O2/c1-22-16-7-6-15-17(16)23-11-10-20(15)18(21)13-8-9-19-14-5-3-2-4-12(13)14;3-2(4,5)1(6)7/h2-5,8-9,15-17H,6-7,10-11H2,1H3;(H,6,7)/t15-,16+,17+;/m0./s1. The second-order valence-corrected chi connectivity index (χ2v) is 6.93. The molecular formula is C20H21F3N2O5. The number of morpholine rings is 1. The smallest absolute Gasteiger partial charge is 0.475 e. The van der Waals surface area contributed by atoms with E-state index in [1.54, 1.807) is 13.3 Å². The number of hydrogen-bond acceptors (Lipinski definition) is 5. The molecule has 1 saturated carbocycles. The van der Waals surface area contributed by atoms with E-state index in [-0.39, 0.29) is 24.2 Å². The van der Waals surface area contributed by atoms with Crippen LogP contribution in [0.4, 0.5) is 13.2 Å². The highest BCUT2D eigenvalue weighted by atomic mass is 19.4. The van der Waals surface area contributed by atoms with Gasteiger partial charge in [-0.25, -0.2) is 4.79 Å². The highest BCUT2D eigenvalue weighted by molar-refractivity contribution is 6.06. The molecule has 162 valence electrons. The van der Waals surface area contributed by atoms with Crippen molar-refractivity contribution in [2.45, 2.75) is 37.3 Å². The van der Waals surface area contributed by atoms with Crippen LogP contribution in [0.3, 0.4) is 0 Å². The van der Waals surface area contributed by atoms with Crippen molar-refractivity contribution in [3.63, 3.8) is 0 Å². The van der Waals surface area contributed by atoms with Gasteiger partial charge in [-0.15, -0.1) is 0 Å². The third-order valence-electron chi connectivity index (χ3n) is 5.22. The van der Waals surface area contributed by atoms with Crippen LogP contribution in [0.1, 0.15) is 23.2 Å². The van der Waals surface area contributed by atoms with Crippen molar-refractivity contribution in [1.82, 2.24) is 9.88 Å². The molecule has 1 aliphatic heterocycles. The lowest BCUT2D eigenvalue weighted by atomic mass is 10.0. The molecule has 1 aromatic heterocycles. The number of pyridine rings is 1. The molecule has 0 bridgehead atoms. The molecule has 1 saturated heterocycles.